The van der Waals surface area contributed by atoms with E-state index in [0.29, 0.717) is 11.3 Å². The first-order chi connectivity index (χ1) is 8.80. The van der Waals surface area contributed by atoms with Crippen molar-refractivity contribution in [3.8, 4) is 11.3 Å². The summed E-state index contributed by atoms with van der Waals surface area (Å²) < 4.78 is 5.36. The van der Waals surface area contributed by atoms with Gasteiger partial charge in [0.15, 0.2) is 12.2 Å². The van der Waals surface area contributed by atoms with E-state index in [9.17, 15) is 9.90 Å². The summed E-state index contributed by atoms with van der Waals surface area (Å²) in [5.74, 6) is -0.229. The maximum Gasteiger partial charge on any atom is 0.335 e. The third-order valence-electron chi connectivity index (χ3n) is 3.07. The molecule has 0 radical (unpaired) electrons. The van der Waals surface area contributed by atoms with Crippen LogP contribution in [0.25, 0.3) is 11.3 Å². The van der Waals surface area contributed by atoms with Crippen LogP contribution in [0.5, 0.6) is 0 Å². The number of benzene rings is 1. The van der Waals surface area contributed by atoms with Gasteiger partial charge in [0.05, 0.1) is 11.3 Å². The van der Waals surface area contributed by atoms with Gasteiger partial charge in [-0.05, 0) is 30.0 Å². The van der Waals surface area contributed by atoms with E-state index in [-0.39, 0.29) is 5.41 Å². The second-order valence-corrected chi connectivity index (χ2v) is 5.58. The predicted octanol–water partition coefficient (Wildman–Crippen LogP) is 3.65. The Bertz CT molecular complexity index is 621. The quantitative estimate of drug-likeness (QED) is 0.894. The number of carboxylic acid groups (broad SMARTS) is 1. The van der Waals surface area contributed by atoms with Gasteiger partial charge < -0.3 is 9.52 Å². The summed E-state index contributed by atoms with van der Waals surface area (Å²) in [5, 5.41) is 9.27. The fourth-order valence-corrected chi connectivity index (χ4v) is 2.07. The maximum atomic E-state index is 11.3. The standard InChI is InChI=1S/C15H17NO3/c1-9-13(19-8-16-9)10-5-6-11(14(17)18)12(7-10)15(2,3)4/h5-8H,1-4H3,(H,17,18). The van der Waals surface area contributed by atoms with Gasteiger partial charge in [-0.1, -0.05) is 26.8 Å². The molecule has 19 heavy (non-hydrogen) atoms. The van der Waals surface area contributed by atoms with Crippen LogP contribution in [0, 0.1) is 6.92 Å². The summed E-state index contributed by atoms with van der Waals surface area (Å²) in [6.45, 7) is 7.84. The van der Waals surface area contributed by atoms with E-state index in [1.165, 1.54) is 6.39 Å². The molecule has 0 aliphatic rings. The zero-order valence-electron chi connectivity index (χ0n) is 11.5. The van der Waals surface area contributed by atoms with Gasteiger partial charge in [0.25, 0.3) is 0 Å². The summed E-state index contributed by atoms with van der Waals surface area (Å²) in [5.41, 5.74) is 2.51. The van der Waals surface area contributed by atoms with Crippen molar-refractivity contribution in [1.29, 1.82) is 0 Å². The number of carbonyl (C=O) groups is 1. The first kappa shape index (κ1) is 13.3. The Balaban J connectivity index is 2.63. The monoisotopic (exact) mass is 259 g/mol. The summed E-state index contributed by atoms with van der Waals surface area (Å²) >= 11 is 0. The fourth-order valence-electron chi connectivity index (χ4n) is 2.07. The molecule has 0 saturated heterocycles. The molecular formula is C15H17NO3. The SMILES string of the molecule is Cc1ncoc1-c1ccc(C(=O)O)c(C(C)(C)C)c1. The first-order valence-corrected chi connectivity index (χ1v) is 6.09. The Morgan fingerprint density at radius 1 is 1.32 bits per heavy atom. The molecule has 0 saturated carbocycles. The molecule has 0 fully saturated rings. The van der Waals surface area contributed by atoms with E-state index in [1.54, 1.807) is 12.1 Å². The van der Waals surface area contributed by atoms with Gasteiger partial charge in [-0.3, -0.25) is 0 Å². The molecule has 2 aromatic rings. The highest BCUT2D eigenvalue weighted by Gasteiger charge is 2.23. The van der Waals surface area contributed by atoms with Crippen molar-refractivity contribution >= 4 is 5.97 Å². The lowest BCUT2D eigenvalue weighted by molar-refractivity contribution is 0.0694. The van der Waals surface area contributed by atoms with Crippen LogP contribution in [0.1, 0.15) is 42.4 Å². The third-order valence-corrected chi connectivity index (χ3v) is 3.07. The summed E-state index contributed by atoms with van der Waals surface area (Å²) in [6.07, 6.45) is 1.40. The minimum atomic E-state index is -0.911. The van der Waals surface area contributed by atoms with Crippen molar-refractivity contribution in [2.45, 2.75) is 33.1 Å². The van der Waals surface area contributed by atoms with Crippen molar-refractivity contribution in [1.82, 2.24) is 4.98 Å². The highest BCUT2D eigenvalue weighted by atomic mass is 16.4. The lowest BCUT2D eigenvalue weighted by Crippen LogP contribution is -2.17. The minimum Gasteiger partial charge on any atom is -0.478 e. The van der Waals surface area contributed by atoms with Crippen molar-refractivity contribution in [3.05, 3.63) is 41.4 Å². The molecule has 0 aliphatic carbocycles. The molecule has 0 bridgehead atoms. The molecule has 1 aromatic heterocycles. The Hall–Kier alpha value is -2.10. The maximum absolute atomic E-state index is 11.3. The van der Waals surface area contributed by atoms with Gasteiger partial charge in [-0.25, -0.2) is 9.78 Å². The molecule has 1 heterocycles. The molecular weight excluding hydrogens is 242 g/mol. The average molecular weight is 259 g/mol. The largest absolute Gasteiger partial charge is 0.478 e. The Morgan fingerprint density at radius 2 is 2.00 bits per heavy atom. The van der Waals surface area contributed by atoms with Gasteiger partial charge in [-0.15, -0.1) is 0 Å². The van der Waals surface area contributed by atoms with Gasteiger partial charge in [0, 0.05) is 5.56 Å². The van der Waals surface area contributed by atoms with Crippen molar-refractivity contribution in [3.63, 3.8) is 0 Å². The molecule has 2 rings (SSSR count). The lowest BCUT2D eigenvalue weighted by Gasteiger charge is -2.22. The molecule has 4 nitrogen and oxygen atoms in total. The Kier molecular flexibility index (Phi) is 3.18. The number of carboxylic acids is 1. The topological polar surface area (TPSA) is 63.3 Å². The summed E-state index contributed by atoms with van der Waals surface area (Å²) in [6, 6.07) is 5.25. The number of aromatic nitrogens is 1. The number of nitrogens with zero attached hydrogens (tertiary/aromatic N) is 1. The Labute approximate surface area is 112 Å². The van der Waals surface area contributed by atoms with Gasteiger partial charge >= 0.3 is 5.97 Å². The number of aryl methyl sites for hydroxylation is 1. The van der Waals surface area contributed by atoms with E-state index in [4.69, 9.17) is 4.42 Å². The third kappa shape index (κ3) is 2.52. The summed E-state index contributed by atoms with van der Waals surface area (Å²) in [4.78, 5) is 15.4. The van der Waals surface area contributed by atoms with E-state index < -0.39 is 5.97 Å². The molecule has 0 unspecified atom stereocenters. The predicted molar refractivity (Wildman–Crippen MR) is 72.3 cm³/mol. The van der Waals surface area contributed by atoms with E-state index >= 15 is 0 Å². The molecule has 0 spiro atoms. The van der Waals surface area contributed by atoms with Crippen LogP contribution >= 0.6 is 0 Å². The van der Waals surface area contributed by atoms with Crippen molar-refractivity contribution in [2.75, 3.05) is 0 Å². The first-order valence-electron chi connectivity index (χ1n) is 6.09. The van der Waals surface area contributed by atoms with Crippen LogP contribution < -0.4 is 0 Å². The Morgan fingerprint density at radius 3 is 2.47 bits per heavy atom. The number of aromatic carboxylic acids is 1. The summed E-state index contributed by atoms with van der Waals surface area (Å²) in [7, 11) is 0. The molecule has 1 aromatic carbocycles. The molecule has 0 amide bonds. The highest BCUT2D eigenvalue weighted by molar-refractivity contribution is 5.90. The van der Waals surface area contributed by atoms with Crippen molar-refractivity contribution < 1.29 is 14.3 Å². The van der Waals surface area contributed by atoms with Crippen LogP contribution in [0.2, 0.25) is 0 Å². The van der Waals surface area contributed by atoms with Crippen molar-refractivity contribution in [2.24, 2.45) is 0 Å². The normalized spacial score (nSPS) is 11.6. The van der Waals surface area contributed by atoms with E-state index in [2.05, 4.69) is 4.98 Å². The molecule has 4 heteroatoms. The molecule has 0 atom stereocenters. The fraction of sp³-hybridized carbons (Fsp3) is 0.333. The number of oxazole rings is 1. The van der Waals surface area contributed by atoms with Crippen LogP contribution in [0.4, 0.5) is 0 Å². The number of rotatable bonds is 2. The lowest BCUT2D eigenvalue weighted by atomic mass is 9.82. The zero-order valence-corrected chi connectivity index (χ0v) is 11.5. The zero-order chi connectivity index (χ0) is 14.2. The second-order valence-electron chi connectivity index (χ2n) is 5.58. The van der Waals surface area contributed by atoms with E-state index in [0.717, 1.165) is 16.8 Å². The number of hydrogen-bond donors (Lipinski definition) is 1. The van der Waals surface area contributed by atoms with Gasteiger partial charge in [0.1, 0.15) is 0 Å². The molecule has 0 aliphatic heterocycles. The molecule has 1 N–H and O–H groups in total. The highest BCUT2D eigenvalue weighted by Crippen LogP contribution is 2.31. The second kappa shape index (κ2) is 4.53. The molecule has 100 valence electrons. The average Bonchev–Trinajstić information content (AvgIpc) is 2.73. The van der Waals surface area contributed by atoms with Crippen LogP contribution in [0.15, 0.2) is 29.0 Å². The van der Waals surface area contributed by atoms with Gasteiger partial charge in [-0.2, -0.15) is 0 Å². The van der Waals surface area contributed by atoms with Crippen LogP contribution in [0.3, 0.4) is 0 Å². The van der Waals surface area contributed by atoms with E-state index in [1.807, 2.05) is 33.8 Å². The number of hydrogen-bond acceptors (Lipinski definition) is 3. The van der Waals surface area contributed by atoms with Crippen LogP contribution in [-0.2, 0) is 5.41 Å². The minimum absolute atomic E-state index is 0.252. The van der Waals surface area contributed by atoms with Gasteiger partial charge in [0.2, 0.25) is 0 Å². The smallest absolute Gasteiger partial charge is 0.335 e. The van der Waals surface area contributed by atoms with Crippen LogP contribution in [-0.4, -0.2) is 16.1 Å².